The quantitative estimate of drug-likeness (QED) is 0.495. The number of hydrogen-bond donors (Lipinski definition) is 1. The minimum atomic E-state index is -0.335. The van der Waals surface area contributed by atoms with E-state index in [4.69, 9.17) is 11.6 Å². The molecule has 0 radical (unpaired) electrons. The molecule has 0 spiro atoms. The number of carbonyl (C=O) groups excluding carboxylic acids is 1. The Hall–Kier alpha value is -1.68. The fourth-order valence-corrected chi connectivity index (χ4v) is 1.14. The van der Waals surface area contributed by atoms with E-state index in [-0.39, 0.29) is 17.2 Å². The average Bonchev–Trinajstić information content (AvgIpc) is 2.20. The molecule has 0 fully saturated rings. The van der Waals surface area contributed by atoms with Crippen molar-refractivity contribution in [3.63, 3.8) is 0 Å². The van der Waals surface area contributed by atoms with Gasteiger partial charge in [-0.3, -0.25) is 4.79 Å². The predicted octanol–water partition coefficient (Wildman–Crippen LogP) is 3.80. The molecular formula is C11H11ClN2O2. The number of hydrogen-bond acceptors (Lipinski definition) is 4. The smallest absolute Gasteiger partial charge is 0.183 e. The van der Waals surface area contributed by atoms with Crippen molar-refractivity contribution in [1.29, 1.82) is 0 Å². The molecule has 1 aromatic carbocycles. The summed E-state index contributed by atoms with van der Waals surface area (Å²) in [6.07, 6.45) is 0. The third-order valence-corrected chi connectivity index (χ3v) is 2.02. The van der Waals surface area contributed by atoms with Crippen molar-refractivity contribution in [3.8, 4) is 0 Å². The van der Waals surface area contributed by atoms with E-state index in [1.807, 2.05) is 0 Å². The van der Waals surface area contributed by atoms with Crippen LogP contribution in [0.25, 0.3) is 0 Å². The van der Waals surface area contributed by atoms with Gasteiger partial charge in [-0.2, -0.15) is 5.11 Å². The third kappa shape index (κ3) is 3.47. The number of allylic oxidation sites excluding steroid dienone is 2. The van der Waals surface area contributed by atoms with Crippen molar-refractivity contribution in [2.75, 3.05) is 0 Å². The molecule has 0 heterocycles. The van der Waals surface area contributed by atoms with Gasteiger partial charge in [0.2, 0.25) is 0 Å². The van der Waals surface area contributed by atoms with Crippen LogP contribution in [0.4, 0.5) is 5.69 Å². The Labute approximate surface area is 98.3 Å². The van der Waals surface area contributed by atoms with Gasteiger partial charge in [0, 0.05) is 11.9 Å². The Balaban J connectivity index is 2.92. The minimum absolute atomic E-state index is 0.0463. The number of carbonyl (C=O) groups is 1. The molecule has 0 amide bonds. The summed E-state index contributed by atoms with van der Waals surface area (Å²) in [4.78, 5) is 11.1. The first-order valence-electron chi connectivity index (χ1n) is 4.59. The number of aliphatic hydroxyl groups excluding tert-OH is 1. The molecule has 1 aromatic rings. The zero-order valence-corrected chi connectivity index (χ0v) is 9.69. The summed E-state index contributed by atoms with van der Waals surface area (Å²) in [5.41, 5.74) is 0.513. The van der Waals surface area contributed by atoms with E-state index in [2.05, 4.69) is 10.2 Å². The first-order valence-corrected chi connectivity index (χ1v) is 4.96. The monoisotopic (exact) mass is 238 g/mol. The zero-order chi connectivity index (χ0) is 12.1. The molecule has 4 nitrogen and oxygen atoms in total. The highest BCUT2D eigenvalue weighted by Crippen LogP contribution is 2.18. The van der Waals surface area contributed by atoms with Gasteiger partial charge in [-0.1, -0.05) is 11.6 Å². The Kier molecular flexibility index (Phi) is 4.19. The van der Waals surface area contributed by atoms with Gasteiger partial charge >= 0.3 is 0 Å². The van der Waals surface area contributed by atoms with Crippen LogP contribution < -0.4 is 0 Å². The molecular weight excluding hydrogens is 228 g/mol. The van der Waals surface area contributed by atoms with Crippen molar-refractivity contribution >= 4 is 23.1 Å². The first kappa shape index (κ1) is 12.4. The number of rotatable bonds is 3. The summed E-state index contributed by atoms with van der Waals surface area (Å²) in [5.74, 6) is -0.483. The summed E-state index contributed by atoms with van der Waals surface area (Å²) < 4.78 is 0. The minimum Gasteiger partial charge on any atom is -0.510 e. The van der Waals surface area contributed by atoms with Gasteiger partial charge in [0.1, 0.15) is 5.76 Å². The van der Waals surface area contributed by atoms with Crippen molar-refractivity contribution in [2.45, 2.75) is 13.8 Å². The molecule has 0 aromatic heterocycles. The van der Waals surface area contributed by atoms with Crippen LogP contribution in [0.2, 0.25) is 5.02 Å². The SMILES string of the molecule is CC(=O)/C(N=Nc1ccc(Cl)cc1)=C(\C)O. The van der Waals surface area contributed by atoms with Gasteiger partial charge in [-0.05, 0) is 31.2 Å². The molecule has 0 aliphatic heterocycles. The topological polar surface area (TPSA) is 62.0 Å². The summed E-state index contributed by atoms with van der Waals surface area (Å²) in [5, 5.41) is 17.3. The lowest BCUT2D eigenvalue weighted by atomic mass is 10.3. The second-order valence-electron chi connectivity index (χ2n) is 3.17. The fraction of sp³-hybridized carbons (Fsp3) is 0.182. The highest BCUT2D eigenvalue weighted by Gasteiger charge is 2.06. The number of Topliss-reactive ketones (excluding diaryl/α,β-unsaturated/α-hetero) is 1. The lowest BCUT2D eigenvalue weighted by Gasteiger charge is -1.96. The molecule has 5 heteroatoms. The lowest BCUT2D eigenvalue weighted by Crippen LogP contribution is -1.96. The van der Waals surface area contributed by atoms with Gasteiger partial charge in [-0.15, -0.1) is 5.11 Å². The molecule has 16 heavy (non-hydrogen) atoms. The van der Waals surface area contributed by atoms with Crippen molar-refractivity contribution in [2.24, 2.45) is 10.2 Å². The Morgan fingerprint density at radius 1 is 1.25 bits per heavy atom. The summed E-state index contributed by atoms with van der Waals surface area (Å²) in [7, 11) is 0. The molecule has 1 N–H and O–H groups in total. The molecule has 0 aliphatic carbocycles. The van der Waals surface area contributed by atoms with Crippen LogP contribution in [0.5, 0.6) is 0 Å². The maximum Gasteiger partial charge on any atom is 0.183 e. The normalized spacial score (nSPS) is 12.7. The number of benzene rings is 1. The van der Waals surface area contributed by atoms with Crippen molar-refractivity contribution < 1.29 is 9.90 Å². The third-order valence-electron chi connectivity index (χ3n) is 1.77. The molecule has 0 atom stereocenters. The average molecular weight is 239 g/mol. The molecule has 84 valence electrons. The van der Waals surface area contributed by atoms with E-state index >= 15 is 0 Å². The molecule has 0 saturated heterocycles. The number of ketones is 1. The van der Waals surface area contributed by atoms with Crippen LogP contribution in [0, 0.1) is 0 Å². The van der Waals surface area contributed by atoms with Gasteiger partial charge in [0.25, 0.3) is 0 Å². The van der Waals surface area contributed by atoms with E-state index in [1.54, 1.807) is 24.3 Å². The maximum atomic E-state index is 11.1. The van der Waals surface area contributed by atoms with Crippen LogP contribution in [0.3, 0.4) is 0 Å². The number of nitrogens with zero attached hydrogens (tertiary/aromatic N) is 2. The standard InChI is InChI=1S/C11H11ClN2O2/c1-7(15)11(8(2)16)14-13-10-5-3-9(12)4-6-10/h3-6,15H,1-2H3/b11-7-,14-13?. The van der Waals surface area contributed by atoms with E-state index < -0.39 is 0 Å². The fourth-order valence-electron chi connectivity index (χ4n) is 1.01. The van der Waals surface area contributed by atoms with Gasteiger partial charge in [0.05, 0.1) is 5.69 Å². The number of azo groups is 1. The van der Waals surface area contributed by atoms with Crippen LogP contribution in [-0.2, 0) is 4.79 Å². The van der Waals surface area contributed by atoms with Crippen LogP contribution >= 0.6 is 11.6 Å². The molecule has 0 bridgehead atoms. The van der Waals surface area contributed by atoms with E-state index in [0.29, 0.717) is 10.7 Å². The highest BCUT2D eigenvalue weighted by atomic mass is 35.5. The van der Waals surface area contributed by atoms with Gasteiger partial charge in [0.15, 0.2) is 11.5 Å². The maximum absolute atomic E-state index is 11.1. The summed E-state index contributed by atoms with van der Waals surface area (Å²) >= 11 is 5.70. The van der Waals surface area contributed by atoms with Gasteiger partial charge in [-0.25, -0.2) is 0 Å². The highest BCUT2D eigenvalue weighted by molar-refractivity contribution is 6.30. The van der Waals surface area contributed by atoms with E-state index in [1.165, 1.54) is 13.8 Å². The van der Waals surface area contributed by atoms with Gasteiger partial charge < -0.3 is 5.11 Å². The second kappa shape index (κ2) is 5.42. The molecule has 0 saturated carbocycles. The lowest BCUT2D eigenvalue weighted by molar-refractivity contribution is -0.113. The van der Waals surface area contributed by atoms with Crippen molar-refractivity contribution in [1.82, 2.24) is 0 Å². The Bertz CT molecular complexity index is 446. The van der Waals surface area contributed by atoms with E-state index in [9.17, 15) is 9.90 Å². The largest absolute Gasteiger partial charge is 0.510 e. The predicted molar refractivity (Wildman–Crippen MR) is 62.0 cm³/mol. The number of halogens is 1. The Morgan fingerprint density at radius 3 is 2.25 bits per heavy atom. The van der Waals surface area contributed by atoms with E-state index in [0.717, 1.165) is 0 Å². The van der Waals surface area contributed by atoms with Crippen molar-refractivity contribution in [3.05, 3.63) is 40.7 Å². The molecule has 0 aliphatic rings. The number of aliphatic hydroxyl groups is 1. The summed E-state index contributed by atoms with van der Waals surface area (Å²) in [6, 6.07) is 6.66. The summed E-state index contributed by atoms with van der Waals surface area (Å²) in [6.45, 7) is 2.70. The van der Waals surface area contributed by atoms with Crippen LogP contribution in [0.1, 0.15) is 13.8 Å². The Morgan fingerprint density at radius 2 is 1.81 bits per heavy atom. The van der Waals surface area contributed by atoms with Crippen LogP contribution in [0.15, 0.2) is 46.0 Å². The van der Waals surface area contributed by atoms with Crippen LogP contribution in [-0.4, -0.2) is 10.9 Å². The molecule has 0 unspecified atom stereocenters. The first-order chi connectivity index (χ1) is 7.50. The zero-order valence-electron chi connectivity index (χ0n) is 8.94. The second-order valence-corrected chi connectivity index (χ2v) is 3.60. The molecule has 1 rings (SSSR count).